The number of aliphatic hydroxyl groups excluding tert-OH is 1. The van der Waals surface area contributed by atoms with Crippen molar-refractivity contribution < 1.29 is 19.4 Å². The number of aliphatic hydroxyl groups is 1. The van der Waals surface area contributed by atoms with E-state index in [2.05, 4.69) is 12.2 Å². The van der Waals surface area contributed by atoms with E-state index in [4.69, 9.17) is 9.84 Å². The Morgan fingerprint density at radius 3 is 2.57 bits per heavy atom. The van der Waals surface area contributed by atoms with Gasteiger partial charge in [-0.05, 0) is 6.92 Å². The molecule has 0 aliphatic carbocycles. The molecule has 79 valence electrons. The molecule has 1 aliphatic rings. The smallest absolute Gasteiger partial charge is 0.226 e. The van der Waals surface area contributed by atoms with Gasteiger partial charge in [-0.1, -0.05) is 0 Å². The summed E-state index contributed by atoms with van der Waals surface area (Å²) in [6.45, 7) is 3.80. The van der Waals surface area contributed by atoms with E-state index in [1.807, 2.05) is 0 Å². The summed E-state index contributed by atoms with van der Waals surface area (Å²) in [6, 6.07) is 0. The Bertz CT molecular complexity index is 213. The minimum atomic E-state index is -0.419. The number of hydrogen-bond acceptors (Lipinski definition) is 4. The van der Waals surface area contributed by atoms with Crippen molar-refractivity contribution in [3.8, 4) is 0 Å². The first-order valence-corrected chi connectivity index (χ1v) is 4.51. The van der Waals surface area contributed by atoms with E-state index in [0.717, 1.165) is 0 Å². The Hall–Kier alpha value is -0.940. The zero-order chi connectivity index (χ0) is 10.6. The first kappa shape index (κ1) is 11.1. The van der Waals surface area contributed by atoms with E-state index in [-0.39, 0.29) is 43.8 Å². The molecule has 14 heavy (non-hydrogen) atoms. The molecule has 0 aromatic heterocycles. The number of imide groups is 1. The molecule has 2 N–H and O–H groups in total. The van der Waals surface area contributed by atoms with Crippen LogP contribution >= 0.6 is 0 Å². The van der Waals surface area contributed by atoms with Crippen molar-refractivity contribution in [3.05, 3.63) is 6.92 Å². The van der Waals surface area contributed by atoms with Crippen LogP contribution in [0.3, 0.4) is 0 Å². The fraction of sp³-hybridized carbons (Fsp3) is 0.667. The van der Waals surface area contributed by atoms with E-state index in [9.17, 15) is 9.59 Å². The Kier molecular flexibility index (Phi) is 4.03. The highest BCUT2D eigenvalue weighted by atomic mass is 16.5. The second kappa shape index (κ2) is 5.07. The van der Waals surface area contributed by atoms with Gasteiger partial charge in [-0.25, -0.2) is 0 Å². The summed E-state index contributed by atoms with van der Waals surface area (Å²) in [4.78, 5) is 22.0. The minimum absolute atomic E-state index is 0.0844. The van der Waals surface area contributed by atoms with Crippen molar-refractivity contribution in [2.45, 2.75) is 18.9 Å². The maximum absolute atomic E-state index is 11.0. The minimum Gasteiger partial charge on any atom is -0.394 e. The standard InChI is InChI=1S/C9H14NO4/c1-6(14-3-2-11)7-4-8(12)10-9(13)5-7/h6-7,11H,1-5H2,(H,10,12,13). The van der Waals surface area contributed by atoms with Crippen LogP contribution in [0.15, 0.2) is 0 Å². The van der Waals surface area contributed by atoms with Gasteiger partial charge >= 0.3 is 0 Å². The molecule has 5 heteroatoms. The van der Waals surface area contributed by atoms with Gasteiger partial charge < -0.3 is 9.84 Å². The van der Waals surface area contributed by atoms with Crippen LogP contribution in [-0.4, -0.2) is 36.2 Å². The molecule has 0 aromatic carbocycles. The second-order valence-electron chi connectivity index (χ2n) is 3.27. The Balaban J connectivity index is 2.42. The lowest BCUT2D eigenvalue weighted by molar-refractivity contribution is -0.137. The molecule has 1 aliphatic heterocycles. The zero-order valence-corrected chi connectivity index (χ0v) is 7.86. The lowest BCUT2D eigenvalue weighted by Gasteiger charge is -2.26. The van der Waals surface area contributed by atoms with E-state index in [1.54, 1.807) is 0 Å². The van der Waals surface area contributed by atoms with Gasteiger partial charge in [0.1, 0.15) is 0 Å². The van der Waals surface area contributed by atoms with Crippen LogP contribution in [0, 0.1) is 12.8 Å². The van der Waals surface area contributed by atoms with Crippen LogP contribution < -0.4 is 5.32 Å². The number of hydrogen-bond donors (Lipinski definition) is 2. The summed E-state index contributed by atoms with van der Waals surface area (Å²) in [6.07, 6.45) is 0.0913. The highest BCUT2D eigenvalue weighted by molar-refractivity contribution is 5.97. The Labute approximate surface area is 82.4 Å². The topological polar surface area (TPSA) is 75.6 Å². The maximum atomic E-state index is 11.0. The van der Waals surface area contributed by atoms with Crippen LogP contribution in [-0.2, 0) is 14.3 Å². The van der Waals surface area contributed by atoms with Crippen LogP contribution in [0.4, 0.5) is 0 Å². The molecule has 0 saturated carbocycles. The zero-order valence-electron chi connectivity index (χ0n) is 7.86. The lowest BCUT2D eigenvalue weighted by Crippen LogP contribution is -2.42. The first-order valence-electron chi connectivity index (χ1n) is 4.51. The van der Waals surface area contributed by atoms with Crippen molar-refractivity contribution in [2.24, 2.45) is 5.92 Å². The van der Waals surface area contributed by atoms with Gasteiger partial charge in [0.05, 0.1) is 19.3 Å². The van der Waals surface area contributed by atoms with Crippen LogP contribution in [0.1, 0.15) is 12.8 Å². The van der Waals surface area contributed by atoms with Crippen molar-refractivity contribution in [1.29, 1.82) is 0 Å². The summed E-state index contributed by atoms with van der Waals surface area (Å²) < 4.78 is 5.13. The molecule has 2 amide bonds. The number of nitrogens with one attached hydrogen (secondary N) is 1. The van der Waals surface area contributed by atoms with Gasteiger partial charge in [-0.3, -0.25) is 14.9 Å². The monoisotopic (exact) mass is 200 g/mol. The van der Waals surface area contributed by atoms with Crippen LogP contribution in [0.25, 0.3) is 0 Å². The van der Waals surface area contributed by atoms with E-state index >= 15 is 0 Å². The molecule has 1 atom stereocenters. The lowest BCUT2D eigenvalue weighted by atomic mass is 9.92. The highest BCUT2D eigenvalue weighted by Gasteiger charge is 2.29. The van der Waals surface area contributed by atoms with Crippen molar-refractivity contribution in [2.75, 3.05) is 13.2 Å². The molecule has 1 fully saturated rings. The summed E-state index contributed by atoms with van der Waals surface area (Å²) in [5, 5.41) is 10.7. The molecular weight excluding hydrogens is 186 g/mol. The predicted molar refractivity (Wildman–Crippen MR) is 48.1 cm³/mol. The average molecular weight is 200 g/mol. The molecule has 1 heterocycles. The van der Waals surface area contributed by atoms with E-state index in [1.165, 1.54) is 0 Å². The molecule has 1 saturated heterocycles. The normalized spacial score (nSPS) is 20.7. The SMILES string of the molecule is [CH2]C(OCCO)C1CC(=O)NC(=O)C1. The Morgan fingerprint density at radius 1 is 1.50 bits per heavy atom. The largest absolute Gasteiger partial charge is 0.394 e. The van der Waals surface area contributed by atoms with Gasteiger partial charge in [0.25, 0.3) is 0 Å². The third kappa shape index (κ3) is 3.08. The van der Waals surface area contributed by atoms with Gasteiger partial charge in [-0.2, -0.15) is 0 Å². The predicted octanol–water partition coefficient (Wildman–Crippen LogP) is -0.749. The average Bonchev–Trinajstić information content (AvgIpc) is 2.12. The third-order valence-corrected chi connectivity index (χ3v) is 2.12. The van der Waals surface area contributed by atoms with Crippen LogP contribution in [0.2, 0.25) is 0 Å². The van der Waals surface area contributed by atoms with Gasteiger partial charge in [0.15, 0.2) is 0 Å². The number of carbonyl (C=O) groups excluding carboxylic acids is 2. The molecular formula is C9H14NO4. The number of rotatable bonds is 4. The second-order valence-corrected chi connectivity index (χ2v) is 3.27. The first-order chi connectivity index (χ1) is 6.63. The summed E-state index contributed by atoms with van der Waals surface area (Å²) >= 11 is 0. The van der Waals surface area contributed by atoms with E-state index in [0.29, 0.717) is 0 Å². The van der Waals surface area contributed by atoms with Gasteiger partial charge in [0, 0.05) is 18.8 Å². The fourth-order valence-electron chi connectivity index (χ4n) is 1.41. The van der Waals surface area contributed by atoms with E-state index < -0.39 is 6.10 Å². The van der Waals surface area contributed by atoms with Gasteiger partial charge in [0.2, 0.25) is 11.8 Å². The number of ether oxygens (including phenoxy) is 1. The summed E-state index contributed by atoms with van der Waals surface area (Å²) in [7, 11) is 0. The summed E-state index contributed by atoms with van der Waals surface area (Å²) in [5.74, 6) is -0.747. The molecule has 1 unspecified atom stereocenters. The Morgan fingerprint density at radius 2 is 2.07 bits per heavy atom. The van der Waals surface area contributed by atoms with Crippen molar-refractivity contribution in [3.63, 3.8) is 0 Å². The molecule has 1 radical (unpaired) electrons. The van der Waals surface area contributed by atoms with Gasteiger partial charge in [-0.15, -0.1) is 0 Å². The molecule has 1 rings (SSSR count). The summed E-state index contributed by atoms with van der Waals surface area (Å²) in [5.41, 5.74) is 0. The number of piperidine rings is 1. The quantitative estimate of drug-likeness (QED) is 0.585. The highest BCUT2D eigenvalue weighted by Crippen LogP contribution is 2.19. The maximum Gasteiger partial charge on any atom is 0.226 e. The molecule has 0 bridgehead atoms. The third-order valence-electron chi connectivity index (χ3n) is 2.12. The molecule has 5 nitrogen and oxygen atoms in total. The molecule has 0 aromatic rings. The fourth-order valence-corrected chi connectivity index (χ4v) is 1.41. The molecule has 0 spiro atoms. The number of amides is 2. The van der Waals surface area contributed by atoms with Crippen molar-refractivity contribution >= 4 is 11.8 Å². The van der Waals surface area contributed by atoms with Crippen LogP contribution in [0.5, 0.6) is 0 Å². The van der Waals surface area contributed by atoms with Crippen molar-refractivity contribution in [1.82, 2.24) is 5.32 Å². The number of carbonyl (C=O) groups is 2.